The van der Waals surface area contributed by atoms with Gasteiger partial charge in [0.25, 0.3) is 0 Å². The molecular weight excluding hydrogens is 476 g/mol. The highest BCUT2D eigenvalue weighted by Crippen LogP contribution is 2.32. The Bertz CT molecular complexity index is 1280. The third-order valence-corrected chi connectivity index (χ3v) is 5.76. The lowest BCUT2D eigenvalue weighted by Crippen LogP contribution is -2.36. The van der Waals surface area contributed by atoms with Crippen LogP contribution >= 0.6 is 0 Å². The Morgan fingerprint density at radius 3 is 2.16 bits per heavy atom. The van der Waals surface area contributed by atoms with Crippen molar-refractivity contribution in [3.05, 3.63) is 119 Å². The van der Waals surface area contributed by atoms with Gasteiger partial charge in [-0.05, 0) is 56.7 Å². The maximum absolute atomic E-state index is 12.7. The maximum Gasteiger partial charge on any atom is 0.219 e. The van der Waals surface area contributed by atoms with E-state index in [0.29, 0.717) is 41.5 Å². The molecule has 1 amide bonds. The Kier molecular flexibility index (Phi) is 10.6. The first kappa shape index (κ1) is 28.1. The van der Waals surface area contributed by atoms with Gasteiger partial charge in [0, 0.05) is 25.0 Å². The largest absolute Gasteiger partial charge is 0.369 e. The second kappa shape index (κ2) is 14.3. The molecule has 1 atom stereocenters. The lowest BCUT2D eigenvalue weighted by molar-refractivity contribution is -0.107. The first-order valence-corrected chi connectivity index (χ1v) is 12.4. The Morgan fingerprint density at radius 2 is 1.61 bits per heavy atom. The molecule has 3 aromatic carbocycles. The van der Waals surface area contributed by atoms with E-state index >= 15 is 0 Å². The fourth-order valence-corrected chi connectivity index (χ4v) is 3.94. The number of amidine groups is 1. The summed E-state index contributed by atoms with van der Waals surface area (Å²) < 4.78 is 6.33. The molecule has 0 heterocycles. The van der Waals surface area contributed by atoms with Crippen LogP contribution < -0.4 is 15.5 Å². The highest BCUT2D eigenvalue weighted by atomic mass is 16.5. The minimum Gasteiger partial charge on any atom is -0.369 e. The van der Waals surface area contributed by atoms with Crippen molar-refractivity contribution in [1.82, 2.24) is 5.32 Å². The van der Waals surface area contributed by atoms with Crippen LogP contribution in [0.1, 0.15) is 31.1 Å². The third-order valence-electron chi connectivity index (χ3n) is 5.76. The molecule has 7 heteroatoms. The van der Waals surface area contributed by atoms with Crippen LogP contribution in [0.15, 0.2) is 113 Å². The Hall–Kier alpha value is -4.49. The van der Waals surface area contributed by atoms with Gasteiger partial charge in [0.2, 0.25) is 6.41 Å². The highest BCUT2D eigenvalue weighted by Gasteiger charge is 2.29. The number of ether oxygens (including phenoxy) is 1. The molecule has 0 fully saturated rings. The predicted octanol–water partition coefficient (Wildman–Crippen LogP) is 5.78. The topological polar surface area (TPSA) is 83.0 Å². The maximum atomic E-state index is 12.7. The molecule has 3 rings (SSSR count). The number of carbonyl (C=O) groups is 2. The summed E-state index contributed by atoms with van der Waals surface area (Å²) in [7, 11) is 1.68. The zero-order valence-electron chi connectivity index (χ0n) is 22.2. The summed E-state index contributed by atoms with van der Waals surface area (Å²) in [6.45, 7) is 6.11. The second-order valence-corrected chi connectivity index (χ2v) is 8.49. The standard InChI is InChI=1S/C31H34N4O3/c1-5-38-29(25-12-8-6-9-13-25)28(30(32-4)34-26-18-16-23(2)17-19-26)31(33-24(3)20-21-36)35(22-37)27-14-10-7-11-15-27/h6-22,29,33H,5H2,1-4H3,(H,32,34)/b24-20+,31-28-. The number of para-hydroxylation sites is 1. The summed E-state index contributed by atoms with van der Waals surface area (Å²) in [5, 5.41) is 6.71. The van der Waals surface area contributed by atoms with Gasteiger partial charge in [-0.1, -0.05) is 66.2 Å². The number of benzene rings is 3. The first-order valence-electron chi connectivity index (χ1n) is 12.4. The summed E-state index contributed by atoms with van der Waals surface area (Å²) in [6, 6.07) is 27.0. The molecular formula is C31H34N4O3. The quantitative estimate of drug-likeness (QED) is 0.140. The van der Waals surface area contributed by atoms with Gasteiger partial charge in [0.05, 0.1) is 11.3 Å². The van der Waals surface area contributed by atoms with Crippen LogP contribution in [0, 0.1) is 6.92 Å². The lowest BCUT2D eigenvalue weighted by Gasteiger charge is -2.31. The fraction of sp³-hybridized carbons (Fsp3) is 0.194. The zero-order valence-corrected chi connectivity index (χ0v) is 22.2. The van der Waals surface area contributed by atoms with Crippen LogP contribution in [0.5, 0.6) is 0 Å². The molecule has 3 aromatic rings. The number of nitrogens with zero attached hydrogens (tertiary/aromatic N) is 2. The number of nitrogens with one attached hydrogen (secondary N) is 2. The molecule has 0 aliphatic heterocycles. The summed E-state index contributed by atoms with van der Waals surface area (Å²) in [5.41, 5.74) is 4.61. The number of anilines is 2. The molecule has 0 aromatic heterocycles. The number of rotatable bonds is 12. The minimum absolute atomic E-state index is 0.407. The molecule has 0 radical (unpaired) electrons. The van der Waals surface area contributed by atoms with Crippen molar-refractivity contribution < 1.29 is 14.3 Å². The number of aldehydes is 1. The Morgan fingerprint density at radius 1 is 0.974 bits per heavy atom. The van der Waals surface area contributed by atoms with E-state index in [-0.39, 0.29) is 0 Å². The highest BCUT2D eigenvalue weighted by molar-refractivity contribution is 6.10. The molecule has 0 spiro atoms. The number of amides is 1. The van der Waals surface area contributed by atoms with Crippen LogP contribution in [-0.2, 0) is 14.3 Å². The number of allylic oxidation sites excluding steroid dienone is 2. The van der Waals surface area contributed by atoms with Gasteiger partial charge in [0.1, 0.15) is 24.0 Å². The average Bonchev–Trinajstić information content (AvgIpc) is 2.94. The number of carbonyl (C=O) groups excluding carboxylic acids is 2. The van der Waals surface area contributed by atoms with E-state index < -0.39 is 6.10 Å². The van der Waals surface area contributed by atoms with E-state index in [2.05, 4.69) is 15.6 Å². The molecule has 0 saturated heterocycles. The van der Waals surface area contributed by atoms with Gasteiger partial charge < -0.3 is 15.4 Å². The molecule has 1 unspecified atom stereocenters. The van der Waals surface area contributed by atoms with Crippen LogP contribution in [0.4, 0.5) is 11.4 Å². The lowest BCUT2D eigenvalue weighted by atomic mass is 9.98. The smallest absolute Gasteiger partial charge is 0.219 e. The monoisotopic (exact) mass is 510 g/mol. The van der Waals surface area contributed by atoms with Gasteiger partial charge in [-0.2, -0.15) is 0 Å². The van der Waals surface area contributed by atoms with Crippen molar-refractivity contribution in [2.75, 3.05) is 23.9 Å². The van der Waals surface area contributed by atoms with Crippen molar-refractivity contribution in [2.24, 2.45) is 4.99 Å². The van der Waals surface area contributed by atoms with Crippen molar-refractivity contribution in [3.8, 4) is 0 Å². The van der Waals surface area contributed by atoms with Crippen molar-refractivity contribution >= 4 is 29.9 Å². The molecule has 0 saturated carbocycles. The molecule has 0 aliphatic carbocycles. The average molecular weight is 511 g/mol. The van der Waals surface area contributed by atoms with Crippen LogP contribution in [0.2, 0.25) is 0 Å². The fourth-order valence-electron chi connectivity index (χ4n) is 3.94. The molecule has 196 valence electrons. The van der Waals surface area contributed by atoms with Crippen molar-refractivity contribution in [3.63, 3.8) is 0 Å². The number of hydrogen-bond acceptors (Lipinski definition) is 5. The zero-order chi connectivity index (χ0) is 27.3. The third kappa shape index (κ3) is 7.27. The summed E-state index contributed by atoms with van der Waals surface area (Å²) in [5.74, 6) is 0.907. The van der Waals surface area contributed by atoms with Crippen molar-refractivity contribution in [1.29, 1.82) is 0 Å². The van der Waals surface area contributed by atoms with Gasteiger partial charge in [-0.15, -0.1) is 0 Å². The predicted molar refractivity (Wildman–Crippen MR) is 154 cm³/mol. The van der Waals surface area contributed by atoms with E-state index in [4.69, 9.17) is 4.74 Å². The number of aryl methyl sites for hydroxylation is 1. The van der Waals surface area contributed by atoms with E-state index in [1.165, 1.54) is 11.0 Å². The van der Waals surface area contributed by atoms with Gasteiger partial charge in [-0.25, -0.2) is 0 Å². The molecule has 38 heavy (non-hydrogen) atoms. The Labute approximate surface area is 224 Å². The van der Waals surface area contributed by atoms with E-state index in [1.807, 2.05) is 98.8 Å². The first-order chi connectivity index (χ1) is 18.5. The van der Waals surface area contributed by atoms with Gasteiger partial charge in [0.15, 0.2) is 0 Å². The number of hydrogen-bond donors (Lipinski definition) is 2. The van der Waals surface area contributed by atoms with Gasteiger partial charge in [-0.3, -0.25) is 19.5 Å². The van der Waals surface area contributed by atoms with Crippen LogP contribution in [0.3, 0.4) is 0 Å². The van der Waals surface area contributed by atoms with Crippen molar-refractivity contribution in [2.45, 2.75) is 26.9 Å². The van der Waals surface area contributed by atoms with E-state index in [0.717, 1.165) is 23.2 Å². The normalized spacial score (nSPS) is 13.3. The molecule has 0 bridgehead atoms. The summed E-state index contributed by atoms with van der Waals surface area (Å²) in [6.07, 6.45) is 2.23. The van der Waals surface area contributed by atoms with Crippen LogP contribution in [-0.4, -0.2) is 32.2 Å². The number of aliphatic imine (C=N–C) groups is 1. The second-order valence-electron chi connectivity index (χ2n) is 8.49. The minimum atomic E-state index is -0.601. The summed E-state index contributed by atoms with van der Waals surface area (Å²) in [4.78, 5) is 30.1. The van der Waals surface area contributed by atoms with E-state index in [1.54, 1.807) is 14.0 Å². The SMILES string of the molecule is CCOC(/C(C(=NC)Nc1ccc(C)cc1)=C(\N/C(C)=C/C=O)N(C=O)c1ccccc1)c1ccccc1. The molecule has 7 nitrogen and oxygen atoms in total. The Balaban J connectivity index is 2.35. The van der Waals surface area contributed by atoms with E-state index in [9.17, 15) is 9.59 Å². The van der Waals surface area contributed by atoms with Gasteiger partial charge >= 0.3 is 0 Å². The molecule has 2 N–H and O–H groups in total. The van der Waals surface area contributed by atoms with Crippen LogP contribution in [0.25, 0.3) is 0 Å². The summed E-state index contributed by atoms with van der Waals surface area (Å²) >= 11 is 0. The molecule has 0 aliphatic rings.